The van der Waals surface area contributed by atoms with Gasteiger partial charge in [-0.2, -0.15) is 0 Å². The first-order valence-electron chi connectivity index (χ1n) is 8.07. The summed E-state index contributed by atoms with van der Waals surface area (Å²) >= 11 is 0. The molecule has 4 nitrogen and oxygen atoms in total. The molecule has 0 aromatic heterocycles. The topological polar surface area (TPSA) is 40.6 Å². The van der Waals surface area contributed by atoms with Gasteiger partial charge in [-0.15, -0.1) is 0 Å². The molecule has 0 radical (unpaired) electrons. The fourth-order valence-corrected chi connectivity index (χ4v) is 3.43. The molecular weight excluding hydrogens is 300 g/mol. The predicted molar refractivity (Wildman–Crippen MR) is 93.4 cm³/mol. The van der Waals surface area contributed by atoms with Crippen LogP contribution in [0.5, 0.6) is 0 Å². The third-order valence-corrected chi connectivity index (χ3v) is 4.76. The van der Waals surface area contributed by atoms with E-state index in [9.17, 15) is 9.59 Å². The van der Waals surface area contributed by atoms with Gasteiger partial charge in [-0.05, 0) is 30.5 Å². The lowest BCUT2D eigenvalue weighted by atomic mass is 10.0. The second kappa shape index (κ2) is 5.34. The van der Waals surface area contributed by atoms with Crippen molar-refractivity contribution in [3.05, 3.63) is 70.9 Å². The number of likely N-dealkylation sites (N-methyl/N-ethyl adjacent to an activating group) is 1. The van der Waals surface area contributed by atoms with Crippen molar-refractivity contribution in [1.82, 2.24) is 4.90 Å². The summed E-state index contributed by atoms with van der Waals surface area (Å²) in [5.74, 6) is -0.462. The zero-order valence-corrected chi connectivity index (χ0v) is 13.7. The zero-order valence-electron chi connectivity index (χ0n) is 13.7. The van der Waals surface area contributed by atoms with Crippen molar-refractivity contribution in [2.24, 2.45) is 0 Å². The van der Waals surface area contributed by atoms with Crippen molar-refractivity contribution in [2.45, 2.75) is 13.3 Å². The number of para-hydroxylation sites is 1. The summed E-state index contributed by atoms with van der Waals surface area (Å²) in [5, 5.41) is 0. The van der Waals surface area contributed by atoms with Gasteiger partial charge in [0.1, 0.15) is 5.70 Å². The molecule has 0 atom stereocenters. The normalized spacial score (nSPS) is 17.1. The predicted octanol–water partition coefficient (Wildman–Crippen LogP) is 2.77. The molecule has 0 saturated heterocycles. The van der Waals surface area contributed by atoms with Gasteiger partial charge in [-0.1, -0.05) is 48.0 Å². The summed E-state index contributed by atoms with van der Waals surface area (Å²) < 4.78 is 0. The Kier molecular flexibility index (Phi) is 3.27. The zero-order chi connectivity index (χ0) is 16.8. The Hall–Kier alpha value is -2.88. The molecule has 4 rings (SSSR count). The van der Waals surface area contributed by atoms with Crippen LogP contribution in [0.2, 0.25) is 0 Å². The van der Waals surface area contributed by atoms with Crippen LogP contribution in [0.15, 0.2) is 54.2 Å². The van der Waals surface area contributed by atoms with Gasteiger partial charge < -0.3 is 4.90 Å². The number of imide groups is 1. The van der Waals surface area contributed by atoms with E-state index in [-0.39, 0.29) is 11.8 Å². The molecule has 4 heteroatoms. The number of fused-ring (bicyclic) bond motifs is 1. The number of hydrogen-bond donors (Lipinski definition) is 0. The number of amides is 2. The van der Waals surface area contributed by atoms with Gasteiger partial charge in [-0.3, -0.25) is 14.5 Å². The molecule has 0 N–H and O–H groups in total. The highest BCUT2D eigenvalue weighted by Crippen LogP contribution is 2.37. The van der Waals surface area contributed by atoms with E-state index in [1.54, 1.807) is 7.05 Å². The van der Waals surface area contributed by atoms with E-state index < -0.39 is 0 Å². The molecule has 2 aliphatic rings. The summed E-state index contributed by atoms with van der Waals surface area (Å²) in [7, 11) is 1.55. The molecule has 120 valence electrons. The van der Waals surface area contributed by atoms with Crippen molar-refractivity contribution in [1.29, 1.82) is 0 Å². The Bertz CT molecular complexity index is 881. The first-order chi connectivity index (χ1) is 11.6. The standard InChI is InChI=1S/C20H18N2O2/c1-13-7-9-15(10-8-13)17-18(20(24)21(2)19(17)23)22-12-11-14-5-3-4-6-16(14)22/h3-10H,11-12H2,1-2H3. The number of carbonyl (C=O) groups is 2. The summed E-state index contributed by atoms with van der Waals surface area (Å²) in [6, 6.07) is 15.8. The van der Waals surface area contributed by atoms with E-state index in [0.717, 1.165) is 29.8 Å². The maximum Gasteiger partial charge on any atom is 0.277 e. The molecule has 0 saturated carbocycles. The lowest BCUT2D eigenvalue weighted by Crippen LogP contribution is -2.31. The minimum atomic E-state index is -0.233. The largest absolute Gasteiger partial charge is 0.336 e. The second-order valence-corrected chi connectivity index (χ2v) is 6.29. The van der Waals surface area contributed by atoms with Gasteiger partial charge >= 0.3 is 0 Å². The van der Waals surface area contributed by atoms with Crippen molar-refractivity contribution in [3.63, 3.8) is 0 Å². The minimum absolute atomic E-state index is 0.229. The molecule has 2 aliphatic heterocycles. The smallest absolute Gasteiger partial charge is 0.277 e. The van der Waals surface area contributed by atoms with E-state index in [2.05, 4.69) is 6.07 Å². The van der Waals surface area contributed by atoms with E-state index in [1.807, 2.05) is 54.3 Å². The van der Waals surface area contributed by atoms with E-state index in [4.69, 9.17) is 0 Å². The number of anilines is 1. The summed E-state index contributed by atoms with van der Waals surface area (Å²) in [6.45, 7) is 2.72. The molecule has 2 heterocycles. The van der Waals surface area contributed by atoms with Crippen molar-refractivity contribution >= 4 is 23.1 Å². The second-order valence-electron chi connectivity index (χ2n) is 6.29. The van der Waals surface area contributed by atoms with Crippen molar-refractivity contribution < 1.29 is 9.59 Å². The maximum atomic E-state index is 12.8. The van der Waals surface area contributed by atoms with Crippen LogP contribution in [0.3, 0.4) is 0 Å². The van der Waals surface area contributed by atoms with Crippen LogP contribution in [0.4, 0.5) is 5.69 Å². The lowest BCUT2D eigenvalue weighted by Gasteiger charge is -2.21. The van der Waals surface area contributed by atoms with Gasteiger partial charge in [0.15, 0.2) is 0 Å². The molecule has 2 aromatic carbocycles. The monoisotopic (exact) mass is 318 g/mol. The van der Waals surface area contributed by atoms with Crippen molar-refractivity contribution in [2.75, 3.05) is 18.5 Å². The first-order valence-corrected chi connectivity index (χ1v) is 8.07. The number of carbonyl (C=O) groups excluding carboxylic acids is 2. The molecule has 24 heavy (non-hydrogen) atoms. The van der Waals surface area contributed by atoms with Gasteiger partial charge in [0.2, 0.25) is 0 Å². The van der Waals surface area contributed by atoms with E-state index in [0.29, 0.717) is 11.3 Å². The molecule has 2 aromatic rings. The van der Waals surface area contributed by atoms with Gasteiger partial charge in [0, 0.05) is 19.3 Å². The maximum absolute atomic E-state index is 12.8. The van der Waals surface area contributed by atoms with Crippen LogP contribution in [0, 0.1) is 6.92 Å². The molecule has 0 aliphatic carbocycles. The molecular formula is C20H18N2O2. The Morgan fingerprint density at radius 2 is 1.62 bits per heavy atom. The van der Waals surface area contributed by atoms with Crippen LogP contribution in [0.1, 0.15) is 16.7 Å². The minimum Gasteiger partial charge on any atom is -0.336 e. The Morgan fingerprint density at radius 1 is 0.917 bits per heavy atom. The van der Waals surface area contributed by atoms with Gasteiger partial charge in [-0.25, -0.2) is 0 Å². The Morgan fingerprint density at radius 3 is 2.38 bits per heavy atom. The van der Waals surface area contributed by atoms with Crippen LogP contribution < -0.4 is 4.90 Å². The lowest BCUT2D eigenvalue weighted by molar-refractivity contribution is -0.135. The Labute approximate surface area is 141 Å². The summed E-state index contributed by atoms with van der Waals surface area (Å²) in [4.78, 5) is 28.7. The fraction of sp³-hybridized carbons (Fsp3) is 0.200. The highest BCUT2D eigenvalue weighted by Gasteiger charge is 2.41. The van der Waals surface area contributed by atoms with Gasteiger partial charge in [0.25, 0.3) is 11.8 Å². The summed E-state index contributed by atoms with van der Waals surface area (Å²) in [6.07, 6.45) is 0.881. The average Bonchev–Trinajstić information content (AvgIpc) is 3.11. The number of benzene rings is 2. The van der Waals surface area contributed by atoms with Gasteiger partial charge in [0.05, 0.1) is 5.57 Å². The van der Waals surface area contributed by atoms with Crippen LogP contribution in [-0.2, 0) is 16.0 Å². The third kappa shape index (κ3) is 2.07. The molecule has 0 unspecified atom stereocenters. The quantitative estimate of drug-likeness (QED) is 0.800. The number of aryl methyl sites for hydroxylation is 1. The third-order valence-electron chi connectivity index (χ3n) is 4.76. The average molecular weight is 318 g/mol. The first kappa shape index (κ1) is 14.7. The molecule has 0 fully saturated rings. The van der Waals surface area contributed by atoms with E-state index in [1.165, 1.54) is 10.5 Å². The molecule has 2 amide bonds. The number of nitrogens with zero attached hydrogens (tertiary/aromatic N) is 2. The highest BCUT2D eigenvalue weighted by molar-refractivity contribution is 6.36. The number of hydrogen-bond acceptors (Lipinski definition) is 3. The number of rotatable bonds is 2. The van der Waals surface area contributed by atoms with E-state index >= 15 is 0 Å². The highest BCUT2D eigenvalue weighted by atomic mass is 16.2. The van der Waals surface area contributed by atoms with Crippen LogP contribution in [-0.4, -0.2) is 30.3 Å². The van der Waals surface area contributed by atoms with Crippen LogP contribution in [0.25, 0.3) is 5.57 Å². The molecule has 0 bridgehead atoms. The molecule has 0 spiro atoms. The Balaban J connectivity index is 1.90. The SMILES string of the molecule is Cc1ccc(C2=C(N3CCc4ccccc43)C(=O)N(C)C2=O)cc1. The van der Waals surface area contributed by atoms with Crippen LogP contribution >= 0.6 is 0 Å². The summed E-state index contributed by atoms with van der Waals surface area (Å²) in [5.41, 5.74) is 5.15. The van der Waals surface area contributed by atoms with Crippen molar-refractivity contribution in [3.8, 4) is 0 Å². The fourth-order valence-electron chi connectivity index (χ4n) is 3.43.